The van der Waals surface area contributed by atoms with Crippen molar-refractivity contribution >= 4 is 0 Å². The molecule has 84 valence electrons. The largest absolute Gasteiger partial charge is 0.379 e. The van der Waals surface area contributed by atoms with Crippen molar-refractivity contribution in [2.75, 3.05) is 26.4 Å². The van der Waals surface area contributed by atoms with E-state index in [0.29, 0.717) is 12.7 Å². The number of ether oxygens (including phenoxy) is 3. The minimum atomic E-state index is 0.226. The number of hydrogen-bond acceptors (Lipinski definition) is 3. The molecule has 3 heteroatoms. The Morgan fingerprint density at radius 2 is 2.21 bits per heavy atom. The van der Waals surface area contributed by atoms with Gasteiger partial charge in [0.1, 0.15) is 0 Å². The molecule has 0 amide bonds. The first-order chi connectivity index (χ1) is 6.86. The summed E-state index contributed by atoms with van der Waals surface area (Å²) in [6.07, 6.45) is 3.97. The summed E-state index contributed by atoms with van der Waals surface area (Å²) in [7, 11) is 0. The third-order valence-electron chi connectivity index (χ3n) is 2.28. The highest BCUT2D eigenvalue weighted by Crippen LogP contribution is 2.17. The smallest absolute Gasteiger partial charge is 0.0835 e. The van der Waals surface area contributed by atoms with Crippen molar-refractivity contribution in [1.29, 1.82) is 0 Å². The van der Waals surface area contributed by atoms with E-state index < -0.39 is 0 Å². The van der Waals surface area contributed by atoms with Crippen LogP contribution in [-0.2, 0) is 14.2 Å². The summed E-state index contributed by atoms with van der Waals surface area (Å²) in [6.45, 7) is 7.42. The molecule has 3 nitrogen and oxygen atoms in total. The number of hydrogen-bond donors (Lipinski definition) is 0. The standard InChI is InChI=1S/C11H22O3/c1-3-5-6-12-8-10(13-4-2)7-11-9-14-11/h10-11H,3-9H2,1-2H3. The van der Waals surface area contributed by atoms with Crippen LogP contribution >= 0.6 is 0 Å². The van der Waals surface area contributed by atoms with Crippen LogP contribution in [0.5, 0.6) is 0 Å². The van der Waals surface area contributed by atoms with E-state index in [4.69, 9.17) is 14.2 Å². The second kappa shape index (κ2) is 7.21. The highest BCUT2D eigenvalue weighted by Gasteiger charge is 2.26. The fourth-order valence-electron chi connectivity index (χ4n) is 1.38. The minimum absolute atomic E-state index is 0.226. The van der Waals surface area contributed by atoms with Crippen LogP contribution in [0.4, 0.5) is 0 Å². The second-order valence-electron chi connectivity index (χ2n) is 3.70. The summed E-state index contributed by atoms with van der Waals surface area (Å²) >= 11 is 0. The molecular weight excluding hydrogens is 180 g/mol. The SMILES string of the molecule is CCCCOCC(CC1CO1)OCC. The van der Waals surface area contributed by atoms with Gasteiger partial charge in [-0.2, -0.15) is 0 Å². The van der Waals surface area contributed by atoms with E-state index in [9.17, 15) is 0 Å². The van der Waals surface area contributed by atoms with Crippen molar-refractivity contribution in [2.24, 2.45) is 0 Å². The highest BCUT2D eigenvalue weighted by molar-refractivity contribution is 4.74. The molecule has 1 heterocycles. The van der Waals surface area contributed by atoms with Crippen molar-refractivity contribution in [3.05, 3.63) is 0 Å². The number of rotatable bonds is 9. The van der Waals surface area contributed by atoms with Gasteiger partial charge < -0.3 is 14.2 Å². The molecule has 1 rings (SSSR count). The highest BCUT2D eigenvalue weighted by atomic mass is 16.6. The van der Waals surface area contributed by atoms with Crippen LogP contribution in [0, 0.1) is 0 Å². The molecule has 2 atom stereocenters. The summed E-state index contributed by atoms with van der Waals surface area (Å²) in [4.78, 5) is 0. The van der Waals surface area contributed by atoms with Crippen LogP contribution in [0.25, 0.3) is 0 Å². The van der Waals surface area contributed by atoms with E-state index in [-0.39, 0.29) is 6.10 Å². The van der Waals surface area contributed by atoms with Crippen LogP contribution in [0.2, 0.25) is 0 Å². The first-order valence-corrected chi connectivity index (χ1v) is 5.67. The Kier molecular flexibility index (Phi) is 6.15. The summed E-state index contributed by atoms with van der Waals surface area (Å²) in [6, 6.07) is 0. The normalized spacial score (nSPS) is 22.3. The van der Waals surface area contributed by atoms with Gasteiger partial charge in [-0.1, -0.05) is 13.3 Å². The van der Waals surface area contributed by atoms with Crippen LogP contribution < -0.4 is 0 Å². The fourth-order valence-corrected chi connectivity index (χ4v) is 1.38. The first-order valence-electron chi connectivity index (χ1n) is 5.67. The Hall–Kier alpha value is -0.120. The lowest BCUT2D eigenvalue weighted by Crippen LogP contribution is -2.22. The van der Waals surface area contributed by atoms with Gasteiger partial charge >= 0.3 is 0 Å². The first kappa shape index (κ1) is 12.0. The van der Waals surface area contributed by atoms with Crippen molar-refractivity contribution in [1.82, 2.24) is 0 Å². The molecule has 0 N–H and O–H groups in total. The Morgan fingerprint density at radius 3 is 2.79 bits per heavy atom. The fraction of sp³-hybridized carbons (Fsp3) is 1.00. The molecule has 0 aromatic rings. The zero-order valence-corrected chi connectivity index (χ0v) is 9.33. The zero-order chi connectivity index (χ0) is 10.2. The van der Waals surface area contributed by atoms with Crippen molar-refractivity contribution in [3.63, 3.8) is 0 Å². The third-order valence-corrected chi connectivity index (χ3v) is 2.28. The molecule has 1 aliphatic rings. The summed E-state index contributed by atoms with van der Waals surface area (Å²) < 4.78 is 16.3. The Balaban J connectivity index is 2.01. The van der Waals surface area contributed by atoms with Gasteiger partial charge in [0.2, 0.25) is 0 Å². The minimum Gasteiger partial charge on any atom is -0.379 e. The lowest BCUT2D eigenvalue weighted by molar-refractivity contribution is -0.0191. The van der Waals surface area contributed by atoms with E-state index >= 15 is 0 Å². The molecule has 0 aliphatic carbocycles. The number of epoxide rings is 1. The predicted octanol–water partition coefficient (Wildman–Crippen LogP) is 2.00. The maximum Gasteiger partial charge on any atom is 0.0835 e. The average molecular weight is 202 g/mol. The summed E-state index contributed by atoms with van der Waals surface area (Å²) in [5.74, 6) is 0. The van der Waals surface area contributed by atoms with Crippen LogP contribution in [-0.4, -0.2) is 38.6 Å². The third kappa shape index (κ3) is 5.58. The summed E-state index contributed by atoms with van der Waals surface area (Å²) in [5, 5.41) is 0. The van der Waals surface area contributed by atoms with E-state index in [1.165, 1.54) is 6.42 Å². The Morgan fingerprint density at radius 1 is 1.43 bits per heavy atom. The maximum absolute atomic E-state index is 5.57. The van der Waals surface area contributed by atoms with Gasteiger partial charge in [-0.15, -0.1) is 0 Å². The van der Waals surface area contributed by atoms with Gasteiger partial charge in [-0.3, -0.25) is 0 Å². The lowest BCUT2D eigenvalue weighted by atomic mass is 10.2. The monoisotopic (exact) mass is 202 g/mol. The van der Waals surface area contributed by atoms with Gasteiger partial charge in [0.05, 0.1) is 25.4 Å². The van der Waals surface area contributed by atoms with Gasteiger partial charge in [0, 0.05) is 19.6 Å². The molecule has 1 saturated heterocycles. The van der Waals surface area contributed by atoms with Gasteiger partial charge in [-0.05, 0) is 13.3 Å². The molecule has 2 unspecified atom stereocenters. The van der Waals surface area contributed by atoms with Crippen LogP contribution in [0.3, 0.4) is 0 Å². The molecule has 1 aliphatic heterocycles. The van der Waals surface area contributed by atoms with Crippen molar-refractivity contribution < 1.29 is 14.2 Å². The van der Waals surface area contributed by atoms with Gasteiger partial charge in [0.25, 0.3) is 0 Å². The predicted molar refractivity (Wildman–Crippen MR) is 55.5 cm³/mol. The average Bonchev–Trinajstić information content (AvgIpc) is 2.96. The van der Waals surface area contributed by atoms with Gasteiger partial charge in [-0.25, -0.2) is 0 Å². The maximum atomic E-state index is 5.57. The molecule has 0 aromatic heterocycles. The molecule has 0 radical (unpaired) electrons. The summed E-state index contributed by atoms with van der Waals surface area (Å²) in [5.41, 5.74) is 0. The molecule has 0 saturated carbocycles. The molecule has 0 spiro atoms. The van der Waals surface area contributed by atoms with Gasteiger partial charge in [0.15, 0.2) is 0 Å². The zero-order valence-electron chi connectivity index (χ0n) is 9.33. The van der Waals surface area contributed by atoms with E-state index in [0.717, 1.165) is 32.7 Å². The number of unbranched alkanes of at least 4 members (excludes halogenated alkanes) is 1. The Labute approximate surface area is 86.7 Å². The topological polar surface area (TPSA) is 31.0 Å². The quantitative estimate of drug-likeness (QED) is 0.423. The van der Waals surface area contributed by atoms with Crippen molar-refractivity contribution in [2.45, 2.75) is 45.3 Å². The molecule has 0 bridgehead atoms. The molecule has 1 fully saturated rings. The molecule has 14 heavy (non-hydrogen) atoms. The molecular formula is C11H22O3. The van der Waals surface area contributed by atoms with E-state index in [2.05, 4.69) is 6.92 Å². The Bertz CT molecular complexity index is 134. The van der Waals surface area contributed by atoms with E-state index in [1.807, 2.05) is 6.92 Å². The lowest BCUT2D eigenvalue weighted by Gasteiger charge is -2.15. The molecule has 0 aromatic carbocycles. The van der Waals surface area contributed by atoms with Crippen molar-refractivity contribution in [3.8, 4) is 0 Å². The van der Waals surface area contributed by atoms with E-state index in [1.54, 1.807) is 0 Å². The second-order valence-corrected chi connectivity index (χ2v) is 3.70. The van der Waals surface area contributed by atoms with Crippen LogP contribution in [0.1, 0.15) is 33.1 Å². The van der Waals surface area contributed by atoms with Crippen LogP contribution in [0.15, 0.2) is 0 Å².